The lowest BCUT2D eigenvalue weighted by Crippen LogP contribution is -2.32. The van der Waals surface area contributed by atoms with Crippen molar-refractivity contribution in [3.05, 3.63) is 0 Å². The normalized spacial score (nSPS) is 13.5. The van der Waals surface area contributed by atoms with Gasteiger partial charge in [-0.2, -0.15) is 0 Å². The van der Waals surface area contributed by atoms with Gasteiger partial charge in [0.2, 0.25) is 0 Å². The monoisotopic (exact) mass is 369 g/mol. The van der Waals surface area contributed by atoms with Crippen molar-refractivity contribution in [2.24, 2.45) is 5.73 Å². The quantitative estimate of drug-likeness (QED) is 0.199. The second-order valence-corrected chi connectivity index (χ2v) is 8.02. The van der Waals surface area contributed by atoms with E-state index in [0.29, 0.717) is 0 Å². The van der Waals surface area contributed by atoms with Gasteiger partial charge in [0.05, 0.1) is 0 Å². The molecule has 0 spiro atoms. The fourth-order valence-electron chi connectivity index (χ4n) is 3.37. The van der Waals surface area contributed by atoms with Crippen LogP contribution >= 0.6 is 0 Å². The minimum absolute atomic E-state index is 0.0734. The molecule has 2 N–H and O–H groups in total. The summed E-state index contributed by atoms with van der Waals surface area (Å²) < 4.78 is 5.65. The van der Waals surface area contributed by atoms with Gasteiger partial charge >= 0.3 is 5.97 Å². The van der Waals surface area contributed by atoms with Crippen LogP contribution in [0, 0.1) is 0 Å². The molecule has 26 heavy (non-hydrogen) atoms. The number of carbonyl (C=O) groups is 1. The van der Waals surface area contributed by atoms with Crippen LogP contribution in [0.1, 0.15) is 130 Å². The molecule has 156 valence electrons. The summed E-state index contributed by atoms with van der Waals surface area (Å²) in [5.41, 5.74) is 5.66. The Morgan fingerprint density at radius 1 is 0.692 bits per heavy atom. The van der Waals surface area contributed by atoms with Crippen LogP contribution in [0.25, 0.3) is 0 Å². The van der Waals surface area contributed by atoms with Crippen LogP contribution in [0.2, 0.25) is 0 Å². The van der Waals surface area contributed by atoms with E-state index >= 15 is 0 Å². The summed E-state index contributed by atoms with van der Waals surface area (Å²) in [7, 11) is 0. The first-order chi connectivity index (χ1) is 12.6. The summed E-state index contributed by atoms with van der Waals surface area (Å²) in [5, 5.41) is 0. The summed E-state index contributed by atoms with van der Waals surface area (Å²) in [6.07, 6.45) is 21.7. The molecule has 0 bridgehead atoms. The standard InChI is InChI=1S/C23H47NO2/c1-4-6-8-10-12-13-14-16-18-20-22(26-23(25)21(3)24)19-17-15-11-9-7-5-2/h21-22H,4-20,24H2,1-3H3/t21-,22?/m0/s1. The van der Waals surface area contributed by atoms with Gasteiger partial charge in [0.15, 0.2) is 0 Å². The zero-order chi connectivity index (χ0) is 19.5. The van der Waals surface area contributed by atoms with Gasteiger partial charge in [-0.25, -0.2) is 0 Å². The second-order valence-electron chi connectivity index (χ2n) is 8.02. The molecular formula is C23H47NO2. The molecule has 0 heterocycles. The molecule has 3 heteroatoms. The van der Waals surface area contributed by atoms with E-state index < -0.39 is 6.04 Å². The summed E-state index contributed by atoms with van der Waals surface area (Å²) in [6.45, 7) is 6.22. The average Bonchev–Trinajstić information content (AvgIpc) is 2.62. The summed E-state index contributed by atoms with van der Waals surface area (Å²) in [4.78, 5) is 11.8. The van der Waals surface area contributed by atoms with Crippen LogP contribution in [0.5, 0.6) is 0 Å². The molecule has 1 unspecified atom stereocenters. The van der Waals surface area contributed by atoms with Crippen LogP contribution in [-0.2, 0) is 9.53 Å². The molecule has 0 aliphatic heterocycles. The number of carbonyl (C=O) groups excluding carboxylic acids is 1. The first-order valence-electron chi connectivity index (χ1n) is 11.6. The number of esters is 1. The highest BCUT2D eigenvalue weighted by atomic mass is 16.5. The smallest absolute Gasteiger partial charge is 0.322 e. The lowest BCUT2D eigenvalue weighted by molar-refractivity contribution is -0.151. The van der Waals surface area contributed by atoms with Crippen molar-refractivity contribution in [1.82, 2.24) is 0 Å². The molecule has 0 rings (SSSR count). The summed E-state index contributed by atoms with van der Waals surface area (Å²) >= 11 is 0. The second kappa shape index (κ2) is 19.2. The van der Waals surface area contributed by atoms with E-state index in [2.05, 4.69) is 13.8 Å². The number of hydrogen-bond donors (Lipinski definition) is 1. The van der Waals surface area contributed by atoms with Crippen molar-refractivity contribution < 1.29 is 9.53 Å². The molecule has 0 saturated carbocycles. The van der Waals surface area contributed by atoms with Gasteiger partial charge < -0.3 is 10.5 Å². The SMILES string of the molecule is CCCCCCCCCCCC(CCCCCCCC)OC(=O)[C@H](C)N. The van der Waals surface area contributed by atoms with Gasteiger partial charge in [-0.15, -0.1) is 0 Å². The van der Waals surface area contributed by atoms with E-state index in [1.807, 2.05) is 0 Å². The van der Waals surface area contributed by atoms with Gasteiger partial charge in [0.1, 0.15) is 12.1 Å². The Morgan fingerprint density at radius 2 is 1.04 bits per heavy atom. The summed E-state index contributed by atoms with van der Waals surface area (Å²) in [5.74, 6) is -0.239. The third-order valence-electron chi connectivity index (χ3n) is 5.16. The van der Waals surface area contributed by atoms with Gasteiger partial charge in [-0.1, -0.05) is 97.3 Å². The van der Waals surface area contributed by atoms with Crippen LogP contribution in [-0.4, -0.2) is 18.1 Å². The van der Waals surface area contributed by atoms with E-state index in [-0.39, 0.29) is 12.1 Å². The van der Waals surface area contributed by atoms with Gasteiger partial charge in [0.25, 0.3) is 0 Å². The van der Waals surface area contributed by atoms with Crippen LogP contribution in [0.4, 0.5) is 0 Å². The third kappa shape index (κ3) is 16.9. The molecule has 3 nitrogen and oxygen atoms in total. The fourth-order valence-corrected chi connectivity index (χ4v) is 3.37. The van der Waals surface area contributed by atoms with Crippen molar-refractivity contribution in [3.63, 3.8) is 0 Å². The average molecular weight is 370 g/mol. The van der Waals surface area contributed by atoms with Crippen molar-refractivity contribution in [2.75, 3.05) is 0 Å². The van der Waals surface area contributed by atoms with Gasteiger partial charge in [-0.05, 0) is 32.6 Å². The molecule has 2 atom stereocenters. The van der Waals surface area contributed by atoms with E-state index in [0.717, 1.165) is 19.3 Å². The van der Waals surface area contributed by atoms with Crippen LogP contribution < -0.4 is 5.73 Å². The molecule has 0 aliphatic carbocycles. The Kier molecular flexibility index (Phi) is 18.8. The van der Waals surface area contributed by atoms with Gasteiger partial charge in [0, 0.05) is 0 Å². The maximum atomic E-state index is 11.8. The first kappa shape index (κ1) is 25.4. The van der Waals surface area contributed by atoms with Crippen LogP contribution in [0.15, 0.2) is 0 Å². The number of hydrogen-bond acceptors (Lipinski definition) is 3. The number of rotatable bonds is 19. The number of ether oxygens (including phenoxy) is 1. The molecule has 0 saturated heterocycles. The zero-order valence-electron chi connectivity index (χ0n) is 18.1. The molecule has 0 radical (unpaired) electrons. The number of unbranched alkanes of at least 4 members (excludes halogenated alkanes) is 13. The zero-order valence-corrected chi connectivity index (χ0v) is 18.1. The Labute approximate surface area is 163 Å². The molecule has 0 amide bonds. The minimum atomic E-state index is -0.509. The van der Waals surface area contributed by atoms with Crippen molar-refractivity contribution >= 4 is 5.97 Å². The Balaban J connectivity index is 3.84. The molecule has 0 aromatic heterocycles. The molecule has 0 aliphatic rings. The lowest BCUT2D eigenvalue weighted by Gasteiger charge is -2.19. The van der Waals surface area contributed by atoms with Crippen molar-refractivity contribution in [2.45, 2.75) is 142 Å². The Bertz CT molecular complexity index is 305. The first-order valence-corrected chi connectivity index (χ1v) is 11.6. The molecule has 0 fully saturated rings. The molecule has 0 aromatic carbocycles. The fraction of sp³-hybridized carbons (Fsp3) is 0.957. The Hall–Kier alpha value is -0.570. The lowest BCUT2D eigenvalue weighted by atomic mass is 10.0. The topological polar surface area (TPSA) is 52.3 Å². The maximum Gasteiger partial charge on any atom is 0.322 e. The highest BCUT2D eigenvalue weighted by Gasteiger charge is 2.16. The van der Waals surface area contributed by atoms with Crippen LogP contribution in [0.3, 0.4) is 0 Å². The maximum absolute atomic E-state index is 11.8. The highest BCUT2D eigenvalue weighted by molar-refractivity contribution is 5.75. The minimum Gasteiger partial charge on any atom is -0.461 e. The summed E-state index contributed by atoms with van der Waals surface area (Å²) in [6, 6.07) is -0.509. The highest BCUT2D eigenvalue weighted by Crippen LogP contribution is 2.17. The van der Waals surface area contributed by atoms with E-state index in [1.54, 1.807) is 6.92 Å². The van der Waals surface area contributed by atoms with Crippen molar-refractivity contribution in [3.8, 4) is 0 Å². The number of nitrogens with two attached hydrogens (primary N) is 1. The molecular weight excluding hydrogens is 322 g/mol. The van der Waals surface area contributed by atoms with E-state index in [1.165, 1.54) is 89.9 Å². The van der Waals surface area contributed by atoms with Crippen molar-refractivity contribution in [1.29, 1.82) is 0 Å². The molecule has 0 aromatic rings. The van der Waals surface area contributed by atoms with Gasteiger partial charge in [-0.3, -0.25) is 4.79 Å². The third-order valence-corrected chi connectivity index (χ3v) is 5.16. The Morgan fingerprint density at radius 3 is 1.38 bits per heavy atom. The predicted molar refractivity (Wildman–Crippen MR) is 113 cm³/mol. The predicted octanol–water partition coefficient (Wildman–Crippen LogP) is 6.92. The van der Waals surface area contributed by atoms with E-state index in [9.17, 15) is 4.79 Å². The largest absolute Gasteiger partial charge is 0.461 e. The van der Waals surface area contributed by atoms with E-state index in [4.69, 9.17) is 10.5 Å².